The van der Waals surface area contributed by atoms with E-state index in [0.29, 0.717) is 13.0 Å². The molecule has 1 unspecified atom stereocenters. The molecule has 0 bridgehead atoms. The third kappa shape index (κ3) is 3.14. The average Bonchev–Trinajstić information content (AvgIpc) is 2.73. The van der Waals surface area contributed by atoms with Gasteiger partial charge in [-0.05, 0) is 18.9 Å². The van der Waals surface area contributed by atoms with Gasteiger partial charge in [-0.25, -0.2) is 0 Å². The number of carbonyl (C=O) groups excluding carboxylic acids is 1. The van der Waals surface area contributed by atoms with Crippen LogP contribution in [0.5, 0.6) is 0 Å². The molecule has 1 fully saturated rings. The van der Waals surface area contributed by atoms with Crippen molar-refractivity contribution >= 4 is 5.78 Å². The monoisotopic (exact) mass is 233 g/mol. The molecule has 0 aromatic heterocycles. The number of likely N-dealkylation sites (tertiary alicyclic amines) is 1. The molecule has 2 rings (SSSR count). The van der Waals surface area contributed by atoms with Crippen molar-refractivity contribution in [2.45, 2.75) is 25.9 Å². The number of nitrogens with zero attached hydrogens (tertiary/aromatic N) is 1. The summed E-state index contributed by atoms with van der Waals surface area (Å²) in [7, 11) is 0. The minimum Gasteiger partial charge on any atom is -0.392 e. The summed E-state index contributed by atoms with van der Waals surface area (Å²) in [6.07, 6.45) is 1.17. The molecule has 0 radical (unpaired) electrons. The van der Waals surface area contributed by atoms with Gasteiger partial charge in [0, 0.05) is 31.6 Å². The highest BCUT2D eigenvalue weighted by Gasteiger charge is 2.20. The molecule has 1 atom stereocenters. The number of aliphatic hydroxyl groups is 1. The normalized spacial score (nSPS) is 20.7. The third-order valence-electron chi connectivity index (χ3n) is 3.35. The van der Waals surface area contributed by atoms with Crippen LogP contribution in [0.1, 0.15) is 28.8 Å². The van der Waals surface area contributed by atoms with Crippen LogP contribution < -0.4 is 0 Å². The molecule has 1 aliphatic heterocycles. The Bertz CT molecular complexity index is 403. The van der Waals surface area contributed by atoms with Crippen molar-refractivity contribution in [1.82, 2.24) is 4.90 Å². The Kier molecular flexibility index (Phi) is 3.92. The number of benzene rings is 1. The highest BCUT2D eigenvalue weighted by molar-refractivity contribution is 5.97. The standard InChI is InChI=1S/C14H19NO2/c1-11-4-2-3-5-13(11)14(17)7-9-15-8-6-12(16)10-15/h2-5,12,16H,6-10H2,1H3. The van der Waals surface area contributed by atoms with E-state index in [4.69, 9.17) is 0 Å². The number of carbonyl (C=O) groups is 1. The molecule has 3 heteroatoms. The van der Waals surface area contributed by atoms with E-state index in [1.807, 2.05) is 31.2 Å². The Morgan fingerprint density at radius 3 is 2.88 bits per heavy atom. The van der Waals surface area contributed by atoms with Gasteiger partial charge in [0.05, 0.1) is 6.10 Å². The number of β-amino-alcohol motifs (C(OH)–C–C–N with tert-alkyl or cyclic N) is 1. The number of ketones is 1. The average molecular weight is 233 g/mol. The van der Waals surface area contributed by atoms with Gasteiger partial charge in [0.25, 0.3) is 0 Å². The second-order valence-electron chi connectivity index (χ2n) is 4.73. The van der Waals surface area contributed by atoms with Crippen molar-refractivity contribution in [3.8, 4) is 0 Å². The topological polar surface area (TPSA) is 40.5 Å². The minimum absolute atomic E-state index is 0.199. The van der Waals surface area contributed by atoms with E-state index in [0.717, 1.165) is 30.6 Å². The first-order chi connectivity index (χ1) is 8.16. The first-order valence-electron chi connectivity index (χ1n) is 6.16. The first-order valence-corrected chi connectivity index (χ1v) is 6.16. The Morgan fingerprint density at radius 1 is 1.47 bits per heavy atom. The van der Waals surface area contributed by atoms with Gasteiger partial charge >= 0.3 is 0 Å². The van der Waals surface area contributed by atoms with E-state index in [2.05, 4.69) is 4.90 Å². The van der Waals surface area contributed by atoms with E-state index in [1.165, 1.54) is 0 Å². The highest BCUT2D eigenvalue weighted by Crippen LogP contribution is 2.13. The molecule has 1 aliphatic rings. The Hall–Kier alpha value is -1.19. The van der Waals surface area contributed by atoms with Crippen LogP contribution in [0.25, 0.3) is 0 Å². The predicted octanol–water partition coefficient (Wildman–Crippen LogP) is 1.63. The van der Waals surface area contributed by atoms with Crippen LogP contribution >= 0.6 is 0 Å². The molecule has 1 aromatic rings. The Balaban J connectivity index is 1.88. The lowest BCUT2D eigenvalue weighted by Crippen LogP contribution is -2.25. The fourth-order valence-corrected chi connectivity index (χ4v) is 2.30. The van der Waals surface area contributed by atoms with Crippen molar-refractivity contribution in [1.29, 1.82) is 0 Å². The summed E-state index contributed by atoms with van der Waals surface area (Å²) >= 11 is 0. The second-order valence-corrected chi connectivity index (χ2v) is 4.73. The fraction of sp³-hybridized carbons (Fsp3) is 0.500. The largest absolute Gasteiger partial charge is 0.392 e. The number of rotatable bonds is 4. The van der Waals surface area contributed by atoms with E-state index in [-0.39, 0.29) is 11.9 Å². The number of hydrogen-bond donors (Lipinski definition) is 1. The van der Waals surface area contributed by atoms with Gasteiger partial charge in [-0.2, -0.15) is 0 Å². The van der Waals surface area contributed by atoms with Crippen LogP contribution in [0.15, 0.2) is 24.3 Å². The molecular weight excluding hydrogens is 214 g/mol. The smallest absolute Gasteiger partial charge is 0.164 e. The van der Waals surface area contributed by atoms with E-state index < -0.39 is 0 Å². The summed E-state index contributed by atoms with van der Waals surface area (Å²) in [5, 5.41) is 9.40. The molecule has 0 amide bonds. The highest BCUT2D eigenvalue weighted by atomic mass is 16.3. The Morgan fingerprint density at radius 2 is 2.24 bits per heavy atom. The molecule has 92 valence electrons. The minimum atomic E-state index is -0.205. The van der Waals surface area contributed by atoms with Crippen molar-refractivity contribution in [2.75, 3.05) is 19.6 Å². The molecule has 1 heterocycles. The quantitative estimate of drug-likeness (QED) is 0.804. The van der Waals surface area contributed by atoms with Crippen LogP contribution in [-0.2, 0) is 0 Å². The summed E-state index contributed by atoms with van der Waals surface area (Å²) < 4.78 is 0. The fourth-order valence-electron chi connectivity index (χ4n) is 2.30. The van der Waals surface area contributed by atoms with Crippen molar-refractivity contribution in [3.05, 3.63) is 35.4 Å². The van der Waals surface area contributed by atoms with Gasteiger partial charge < -0.3 is 10.0 Å². The summed E-state index contributed by atoms with van der Waals surface area (Å²) in [5.41, 5.74) is 1.87. The van der Waals surface area contributed by atoms with E-state index in [1.54, 1.807) is 0 Å². The Labute approximate surface area is 102 Å². The second kappa shape index (κ2) is 5.43. The van der Waals surface area contributed by atoms with E-state index in [9.17, 15) is 9.90 Å². The molecule has 0 saturated carbocycles. The summed E-state index contributed by atoms with van der Waals surface area (Å²) in [5.74, 6) is 0.199. The number of aryl methyl sites for hydroxylation is 1. The van der Waals surface area contributed by atoms with E-state index >= 15 is 0 Å². The van der Waals surface area contributed by atoms with Crippen LogP contribution in [0.3, 0.4) is 0 Å². The summed E-state index contributed by atoms with van der Waals surface area (Å²) in [6.45, 7) is 4.33. The lowest BCUT2D eigenvalue weighted by molar-refractivity contribution is 0.0963. The zero-order valence-electron chi connectivity index (χ0n) is 10.2. The van der Waals surface area contributed by atoms with Crippen LogP contribution in [0, 0.1) is 6.92 Å². The van der Waals surface area contributed by atoms with Gasteiger partial charge in [0.15, 0.2) is 5.78 Å². The van der Waals surface area contributed by atoms with Crippen molar-refractivity contribution < 1.29 is 9.90 Å². The first kappa shape index (κ1) is 12.3. The van der Waals surface area contributed by atoms with Gasteiger partial charge in [-0.1, -0.05) is 24.3 Å². The predicted molar refractivity (Wildman–Crippen MR) is 67.2 cm³/mol. The molecule has 0 spiro atoms. The lowest BCUT2D eigenvalue weighted by Gasteiger charge is -2.14. The van der Waals surface area contributed by atoms with Crippen LogP contribution in [0.2, 0.25) is 0 Å². The number of hydrogen-bond acceptors (Lipinski definition) is 3. The maximum Gasteiger partial charge on any atom is 0.164 e. The van der Waals surface area contributed by atoms with Gasteiger partial charge in [0.2, 0.25) is 0 Å². The maximum atomic E-state index is 12.0. The zero-order valence-corrected chi connectivity index (χ0v) is 10.2. The van der Waals surface area contributed by atoms with Gasteiger partial charge in [-0.3, -0.25) is 4.79 Å². The number of aliphatic hydroxyl groups excluding tert-OH is 1. The maximum absolute atomic E-state index is 12.0. The molecule has 17 heavy (non-hydrogen) atoms. The SMILES string of the molecule is Cc1ccccc1C(=O)CCN1CCC(O)C1. The van der Waals surface area contributed by atoms with Gasteiger partial charge in [0.1, 0.15) is 0 Å². The van der Waals surface area contributed by atoms with Crippen molar-refractivity contribution in [3.63, 3.8) is 0 Å². The zero-order chi connectivity index (χ0) is 12.3. The summed E-state index contributed by atoms with van der Waals surface area (Å²) in [6, 6.07) is 7.70. The lowest BCUT2D eigenvalue weighted by atomic mass is 10.0. The molecule has 1 saturated heterocycles. The number of Topliss-reactive ketones (excluding diaryl/α,β-unsaturated/α-hetero) is 1. The van der Waals surface area contributed by atoms with Gasteiger partial charge in [-0.15, -0.1) is 0 Å². The molecular formula is C14H19NO2. The molecule has 1 N–H and O–H groups in total. The van der Waals surface area contributed by atoms with Crippen molar-refractivity contribution in [2.24, 2.45) is 0 Å². The van der Waals surface area contributed by atoms with Crippen LogP contribution in [0.4, 0.5) is 0 Å². The molecule has 3 nitrogen and oxygen atoms in total. The molecule has 0 aliphatic carbocycles. The summed E-state index contributed by atoms with van der Waals surface area (Å²) in [4.78, 5) is 14.2. The third-order valence-corrected chi connectivity index (χ3v) is 3.35. The van der Waals surface area contributed by atoms with Crippen LogP contribution in [-0.4, -0.2) is 41.5 Å². The molecule has 1 aromatic carbocycles.